The summed E-state index contributed by atoms with van der Waals surface area (Å²) in [4.78, 5) is -2.02. The minimum Gasteiger partial charge on any atom is -0.768 e. The largest absolute Gasteiger partial charge is 1.00 e. The van der Waals surface area contributed by atoms with E-state index in [1.165, 1.54) is 0 Å². The van der Waals surface area contributed by atoms with E-state index in [0.717, 1.165) is 0 Å². The van der Waals surface area contributed by atoms with Crippen molar-refractivity contribution in [1.29, 1.82) is 0 Å². The molecular formula is C18H3ClF25LiO2S2. The van der Waals surface area contributed by atoms with Gasteiger partial charge < -0.3 is 4.55 Å². The molecule has 0 fully saturated rings. The van der Waals surface area contributed by atoms with E-state index >= 15 is 0 Å². The summed E-state index contributed by atoms with van der Waals surface area (Å²) < 4.78 is 363. The number of hydrogen-bond donors (Lipinski definition) is 0. The topological polar surface area (TPSA) is 40.1 Å². The van der Waals surface area contributed by atoms with Crippen LogP contribution >= 0.6 is 23.4 Å². The summed E-state index contributed by atoms with van der Waals surface area (Å²) in [6.07, 6.45) is 0. The fourth-order valence-corrected chi connectivity index (χ4v) is 4.13. The molecule has 0 radical (unpaired) electrons. The molecule has 0 saturated heterocycles. The van der Waals surface area contributed by atoms with Crippen LogP contribution in [-0.4, -0.2) is 78.5 Å². The fourth-order valence-electron chi connectivity index (χ4n) is 2.81. The van der Waals surface area contributed by atoms with Gasteiger partial charge in [-0.3, -0.25) is 4.21 Å². The SMILES string of the molecule is O=S([O-])C(F)(F)C(F)(F)C(F)(F)C(F)(F)C(F)(F)C(F)(F)C(F)(F)C(F)(F)C(F)(F)C(F)(F)C(F)(F)C(F)(F)Sc1ccc(Cl)cc1F.[Li+]. The average Bonchev–Trinajstić information content (AvgIpc) is 2.88. The normalized spacial score (nSPS) is 16.4. The third-order valence-corrected chi connectivity index (χ3v) is 7.60. The summed E-state index contributed by atoms with van der Waals surface area (Å²) in [5.41, 5.74) is 0. The molecule has 0 heterocycles. The molecule has 1 aromatic carbocycles. The Hall–Kier alpha value is -1.18. The molecule has 0 bridgehead atoms. The van der Waals surface area contributed by atoms with Crippen LogP contribution in [0.15, 0.2) is 23.1 Å². The molecule has 0 aliphatic carbocycles. The second-order valence-electron chi connectivity index (χ2n) is 8.69. The molecule has 1 atom stereocenters. The van der Waals surface area contributed by atoms with E-state index in [0.29, 0.717) is 0 Å². The molecule has 0 spiro atoms. The molecule has 1 rings (SSSR count). The molecule has 0 aromatic heterocycles. The Morgan fingerprint density at radius 1 is 0.510 bits per heavy atom. The Balaban J connectivity index is 0.0000230. The van der Waals surface area contributed by atoms with E-state index in [9.17, 15) is 119 Å². The maximum atomic E-state index is 14.0. The van der Waals surface area contributed by atoms with E-state index in [1.807, 2.05) is 0 Å². The Morgan fingerprint density at radius 2 is 0.776 bits per heavy atom. The van der Waals surface area contributed by atoms with Crippen molar-refractivity contribution in [2.75, 3.05) is 0 Å². The number of halogens is 26. The van der Waals surface area contributed by atoms with Crippen LogP contribution in [0.3, 0.4) is 0 Å². The van der Waals surface area contributed by atoms with Gasteiger partial charge in [0.25, 0.3) is 0 Å². The Morgan fingerprint density at radius 3 is 1.04 bits per heavy atom. The molecule has 1 aromatic rings. The fraction of sp³-hybridized carbons (Fsp3) is 0.667. The predicted octanol–water partition coefficient (Wildman–Crippen LogP) is 6.99. The maximum absolute atomic E-state index is 14.0. The van der Waals surface area contributed by atoms with Crippen molar-refractivity contribution in [2.24, 2.45) is 0 Å². The second kappa shape index (κ2) is 13.0. The van der Waals surface area contributed by atoms with Crippen molar-refractivity contribution in [1.82, 2.24) is 0 Å². The predicted molar refractivity (Wildman–Crippen MR) is 106 cm³/mol. The molecule has 49 heavy (non-hydrogen) atoms. The van der Waals surface area contributed by atoms with Gasteiger partial charge in [-0.2, -0.15) is 105 Å². The number of alkyl halides is 24. The molecule has 282 valence electrons. The maximum Gasteiger partial charge on any atom is 1.00 e. The summed E-state index contributed by atoms with van der Waals surface area (Å²) in [6, 6.07) is 0.0671. The molecule has 0 N–H and O–H groups in total. The quantitative estimate of drug-likeness (QED) is 0.0879. The van der Waals surface area contributed by atoms with Gasteiger partial charge in [0, 0.05) is 21.0 Å². The summed E-state index contributed by atoms with van der Waals surface area (Å²) in [5.74, 6) is -94.8. The Kier molecular flexibility index (Phi) is 12.7. The Labute approximate surface area is 275 Å². The minimum absolute atomic E-state index is 0. The second-order valence-corrected chi connectivity index (χ2v) is 11.3. The van der Waals surface area contributed by atoms with Crippen LogP contribution in [0.2, 0.25) is 5.02 Å². The first kappa shape index (κ1) is 47.8. The number of hydrogen-bond acceptors (Lipinski definition) is 3. The van der Waals surface area contributed by atoms with Crippen LogP contribution in [0, 0.1) is 5.82 Å². The van der Waals surface area contributed by atoms with Gasteiger partial charge in [0.1, 0.15) is 5.82 Å². The molecule has 0 saturated carbocycles. The van der Waals surface area contributed by atoms with E-state index in [4.69, 9.17) is 11.6 Å². The third-order valence-electron chi connectivity index (χ3n) is 5.62. The standard InChI is InChI=1S/C18H4ClF25O2S2.Li/c19-4-1-2-6(5(20)3-4)47-17(41,42)15(37,38)13(33,34)11(29,30)9(25,26)7(21,22)8(23,24)10(27,28)12(31,32)14(35,36)16(39,40)18(43,44)48(45)46;/h1-3H,(H,45,46);/q;+1/p-1. The molecule has 31 heteroatoms. The van der Waals surface area contributed by atoms with E-state index in [2.05, 4.69) is 0 Å². The van der Waals surface area contributed by atoms with Crippen molar-refractivity contribution in [3.05, 3.63) is 29.0 Å². The molecule has 0 aliphatic rings. The van der Waals surface area contributed by atoms with Gasteiger partial charge in [-0.05, 0) is 30.0 Å². The molecule has 2 nitrogen and oxygen atoms in total. The van der Waals surface area contributed by atoms with E-state index < -0.39 is 108 Å². The minimum atomic E-state index is -9.70. The first-order valence-electron chi connectivity index (χ1n) is 10.3. The van der Waals surface area contributed by atoms with Gasteiger partial charge in [0.15, 0.2) is 0 Å². The van der Waals surface area contributed by atoms with Gasteiger partial charge in [-0.25, -0.2) is 4.39 Å². The van der Waals surface area contributed by atoms with Gasteiger partial charge >= 0.3 is 88.6 Å². The molecule has 1 unspecified atom stereocenters. The molecular weight excluding hydrogens is 830 g/mol. The van der Waals surface area contributed by atoms with Gasteiger partial charge in [-0.15, -0.1) is 0 Å². The van der Waals surface area contributed by atoms with Crippen molar-refractivity contribution in [3.63, 3.8) is 0 Å². The number of thioether (sulfide) groups is 1. The van der Waals surface area contributed by atoms with Crippen molar-refractivity contribution in [3.8, 4) is 0 Å². The zero-order chi connectivity index (χ0) is 39.1. The van der Waals surface area contributed by atoms with E-state index in [1.54, 1.807) is 0 Å². The number of rotatable bonds is 14. The van der Waals surface area contributed by atoms with Crippen LogP contribution in [0.1, 0.15) is 0 Å². The van der Waals surface area contributed by atoms with E-state index in [-0.39, 0.29) is 37.1 Å². The van der Waals surface area contributed by atoms with Crippen LogP contribution in [0.5, 0.6) is 0 Å². The average molecular weight is 833 g/mol. The first-order valence-corrected chi connectivity index (χ1v) is 12.6. The summed E-state index contributed by atoms with van der Waals surface area (Å²) in [6.45, 7) is 0. The number of benzene rings is 1. The van der Waals surface area contributed by atoms with Crippen molar-refractivity contribution in [2.45, 2.75) is 74.6 Å². The summed E-state index contributed by atoms with van der Waals surface area (Å²) in [5, 5.41) is -15.7. The van der Waals surface area contributed by atoms with Gasteiger partial charge in [-0.1, -0.05) is 11.6 Å². The van der Waals surface area contributed by atoms with Gasteiger partial charge in [0.05, 0.1) is 0 Å². The smallest absolute Gasteiger partial charge is 0.768 e. The van der Waals surface area contributed by atoms with Crippen LogP contribution in [0.4, 0.5) is 110 Å². The monoisotopic (exact) mass is 832 g/mol. The summed E-state index contributed by atoms with van der Waals surface area (Å²) >= 11 is -3.34. The first-order chi connectivity index (χ1) is 20.6. The zero-order valence-electron chi connectivity index (χ0n) is 21.7. The van der Waals surface area contributed by atoms with Crippen LogP contribution in [0.25, 0.3) is 0 Å². The van der Waals surface area contributed by atoms with Crippen LogP contribution < -0.4 is 18.9 Å². The van der Waals surface area contributed by atoms with Crippen LogP contribution in [-0.2, 0) is 11.1 Å². The van der Waals surface area contributed by atoms with Gasteiger partial charge in [0.2, 0.25) is 0 Å². The van der Waals surface area contributed by atoms with Crippen molar-refractivity contribution >= 4 is 34.4 Å². The third kappa shape index (κ3) is 6.34. The van der Waals surface area contributed by atoms with Crippen molar-refractivity contribution < 1.29 is 137 Å². The molecule has 0 aliphatic heterocycles. The Bertz CT molecular complexity index is 1400. The summed E-state index contributed by atoms with van der Waals surface area (Å²) in [7, 11) is 0. The zero-order valence-corrected chi connectivity index (χ0v) is 24.1. The molecule has 0 amide bonds.